The van der Waals surface area contributed by atoms with E-state index in [4.69, 9.17) is 0 Å². The Hall–Kier alpha value is -0.570. The first-order chi connectivity index (χ1) is 8.74. The van der Waals surface area contributed by atoms with Gasteiger partial charge in [-0.05, 0) is 25.0 Å². The maximum Gasteiger partial charge on any atom is 0.129 e. The second-order valence-corrected chi connectivity index (χ2v) is 5.69. The molecule has 1 fully saturated rings. The molecule has 0 N–H and O–H groups in total. The van der Waals surface area contributed by atoms with Crippen LogP contribution in [0, 0.1) is 5.82 Å². The van der Waals surface area contributed by atoms with Crippen LogP contribution in [0.3, 0.4) is 0 Å². The number of rotatable bonds is 3. The highest BCUT2D eigenvalue weighted by Gasteiger charge is 2.20. The molecule has 0 aromatic heterocycles. The average Bonchev–Trinajstić information content (AvgIpc) is 2.66. The topological polar surface area (TPSA) is 3.24 Å². The summed E-state index contributed by atoms with van der Waals surface area (Å²) in [4.78, 5) is 2.28. The molecule has 0 atom stereocenters. The van der Waals surface area contributed by atoms with Crippen LogP contribution in [0.25, 0.3) is 0 Å². The zero-order valence-corrected chi connectivity index (χ0v) is 12.5. The summed E-state index contributed by atoms with van der Waals surface area (Å²) in [5.41, 5.74) is 1.82. The van der Waals surface area contributed by atoms with Crippen molar-refractivity contribution in [2.24, 2.45) is 0 Å². The van der Waals surface area contributed by atoms with Crippen molar-refractivity contribution in [2.45, 2.75) is 49.9 Å². The number of benzene rings is 1. The monoisotopic (exact) mass is 313 g/mol. The van der Waals surface area contributed by atoms with Gasteiger partial charge in [0.25, 0.3) is 0 Å². The Balaban J connectivity index is 2.21. The summed E-state index contributed by atoms with van der Waals surface area (Å²) in [5.74, 6) is -0.107. The molecule has 0 heterocycles. The minimum absolute atomic E-state index is 0.107. The molecule has 18 heavy (non-hydrogen) atoms. The fourth-order valence-electron chi connectivity index (χ4n) is 2.85. The van der Waals surface area contributed by atoms with Crippen LogP contribution >= 0.6 is 15.9 Å². The molecule has 0 bridgehead atoms. The summed E-state index contributed by atoms with van der Waals surface area (Å²) in [5, 5.41) is 0.575. The fourth-order valence-corrected chi connectivity index (χ4v) is 3.41. The molecule has 0 amide bonds. The van der Waals surface area contributed by atoms with Gasteiger partial charge in [0.2, 0.25) is 0 Å². The van der Waals surface area contributed by atoms with Crippen molar-refractivity contribution in [3.63, 3.8) is 0 Å². The lowest BCUT2D eigenvalue weighted by Gasteiger charge is -2.31. The molecule has 1 aromatic rings. The third-order valence-electron chi connectivity index (χ3n) is 3.98. The van der Waals surface area contributed by atoms with Crippen molar-refractivity contribution in [2.75, 3.05) is 11.9 Å². The van der Waals surface area contributed by atoms with Crippen molar-refractivity contribution in [1.29, 1.82) is 0 Å². The van der Waals surface area contributed by atoms with Crippen LogP contribution in [0.5, 0.6) is 0 Å². The summed E-state index contributed by atoms with van der Waals surface area (Å²) in [7, 11) is 2.11. The van der Waals surface area contributed by atoms with Crippen LogP contribution in [0.1, 0.15) is 44.1 Å². The normalized spacial score (nSPS) is 17.5. The Morgan fingerprint density at radius 3 is 2.50 bits per heavy atom. The molecule has 0 saturated heterocycles. The number of anilines is 1. The molecule has 100 valence electrons. The van der Waals surface area contributed by atoms with Gasteiger partial charge in [0.05, 0.1) is 0 Å². The lowest BCUT2D eigenvalue weighted by Crippen LogP contribution is -2.31. The van der Waals surface area contributed by atoms with Crippen LogP contribution < -0.4 is 4.90 Å². The molecule has 1 aliphatic carbocycles. The summed E-state index contributed by atoms with van der Waals surface area (Å²) < 4.78 is 13.8. The standard InChI is InChI=1S/C15H21BrFN/c1-18(12-7-4-2-3-5-8-12)15-10-6-9-14(17)13(15)11-16/h6,9-10,12H,2-5,7-8,11H2,1H3. The van der Waals surface area contributed by atoms with E-state index in [1.54, 1.807) is 6.07 Å². The maximum absolute atomic E-state index is 13.8. The van der Waals surface area contributed by atoms with E-state index in [-0.39, 0.29) is 5.82 Å². The highest BCUT2D eigenvalue weighted by Crippen LogP contribution is 2.30. The molecule has 1 saturated carbocycles. The molecular weight excluding hydrogens is 293 g/mol. The molecule has 1 nitrogen and oxygen atoms in total. The van der Waals surface area contributed by atoms with Gasteiger partial charge >= 0.3 is 0 Å². The summed E-state index contributed by atoms with van der Waals surface area (Å²) >= 11 is 3.40. The van der Waals surface area contributed by atoms with Gasteiger partial charge in [-0.3, -0.25) is 0 Å². The molecule has 1 aromatic carbocycles. The van der Waals surface area contributed by atoms with Crippen LogP contribution in [-0.4, -0.2) is 13.1 Å². The zero-order valence-electron chi connectivity index (χ0n) is 11.0. The van der Waals surface area contributed by atoms with Crippen molar-refractivity contribution < 1.29 is 4.39 Å². The van der Waals surface area contributed by atoms with Gasteiger partial charge in [-0.15, -0.1) is 0 Å². The van der Waals surface area contributed by atoms with E-state index in [0.29, 0.717) is 11.4 Å². The van der Waals surface area contributed by atoms with Gasteiger partial charge in [0, 0.05) is 29.7 Å². The van der Waals surface area contributed by atoms with Crippen molar-refractivity contribution in [3.05, 3.63) is 29.6 Å². The lowest BCUT2D eigenvalue weighted by molar-refractivity contribution is 0.549. The highest BCUT2D eigenvalue weighted by molar-refractivity contribution is 9.08. The molecule has 3 heteroatoms. The van der Waals surface area contributed by atoms with Gasteiger partial charge in [0.15, 0.2) is 0 Å². The molecule has 1 aliphatic rings. The van der Waals surface area contributed by atoms with Crippen LogP contribution in [-0.2, 0) is 5.33 Å². The molecular formula is C15H21BrFN. The van der Waals surface area contributed by atoms with E-state index in [0.717, 1.165) is 11.3 Å². The SMILES string of the molecule is CN(c1cccc(F)c1CBr)C1CCCCCC1. The Labute approximate surface area is 118 Å². The first kappa shape index (κ1) is 13.9. The van der Waals surface area contributed by atoms with Gasteiger partial charge in [0.1, 0.15) is 5.82 Å². The first-order valence-corrected chi connectivity index (χ1v) is 7.92. The Bertz CT molecular complexity index is 386. The second kappa shape index (κ2) is 6.55. The smallest absolute Gasteiger partial charge is 0.129 e. The average molecular weight is 314 g/mol. The third-order valence-corrected chi connectivity index (χ3v) is 4.54. The van der Waals surface area contributed by atoms with Gasteiger partial charge in [-0.1, -0.05) is 47.7 Å². The first-order valence-electron chi connectivity index (χ1n) is 6.80. The van der Waals surface area contributed by atoms with Crippen molar-refractivity contribution >= 4 is 21.6 Å². The molecule has 0 aliphatic heterocycles. The van der Waals surface area contributed by atoms with Crippen LogP contribution in [0.4, 0.5) is 10.1 Å². The van der Waals surface area contributed by atoms with Crippen LogP contribution in [0.2, 0.25) is 0 Å². The fraction of sp³-hybridized carbons (Fsp3) is 0.600. The van der Waals surface area contributed by atoms with E-state index in [1.807, 2.05) is 12.1 Å². The number of halogens is 2. The quantitative estimate of drug-likeness (QED) is 0.568. The van der Waals surface area contributed by atoms with E-state index in [9.17, 15) is 4.39 Å². The van der Waals surface area contributed by atoms with E-state index >= 15 is 0 Å². The molecule has 2 rings (SSSR count). The van der Waals surface area contributed by atoms with E-state index < -0.39 is 0 Å². The minimum Gasteiger partial charge on any atom is -0.371 e. The Kier molecular flexibility index (Phi) is 5.04. The third kappa shape index (κ3) is 3.05. The second-order valence-electron chi connectivity index (χ2n) is 5.13. The Morgan fingerprint density at radius 1 is 1.22 bits per heavy atom. The van der Waals surface area contributed by atoms with E-state index in [2.05, 4.69) is 27.9 Å². The molecule has 0 radical (unpaired) electrons. The number of alkyl halides is 1. The number of nitrogens with zero attached hydrogens (tertiary/aromatic N) is 1. The van der Waals surface area contributed by atoms with Crippen LogP contribution in [0.15, 0.2) is 18.2 Å². The van der Waals surface area contributed by atoms with Gasteiger partial charge in [-0.2, -0.15) is 0 Å². The van der Waals surface area contributed by atoms with Gasteiger partial charge in [-0.25, -0.2) is 4.39 Å². The molecule has 0 unspecified atom stereocenters. The largest absolute Gasteiger partial charge is 0.371 e. The summed E-state index contributed by atoms with van der Waals surface area (Å²) in [6.45, 7) is 0. The summed E-state index contributed by atoms with van der Waals surface area (Å²) in [6.07, 6.45) is 7.75. The minimum atomic E-state index is -0.107. The molecule has 0 spiro atoms. The predicted octanol–water partition coefficient (Wildman–Crippen LogP) is 4.88. The zero-order chi connectivity index (χ0) is 13.0. The van der Waals surface area contributed by atoms with Crippen molar-refractivity contribution in [3.8, 4) is 0 Å². The van der Waals surface area contributed by atoms with E-state index in [1.165, 1.54) is 38.5 Å². The highest BCUT2D eigenvalue weighted by atomic mass is 79.9. The van der Waals surface area contributed by atoms with Crippen molar-refractivity contribution in [1.82, 2.24) is 0 Å². The van der Waals surface area contributed by atoms with Gasteiger partial charge < -0.3 is 4.90 Å². The number of hydrogen-bond acceptors (Lipinski definition) is 1. The lowest BCUT2D eigenvalue weighted by atomic mass is 10.1. The number of hydrogen-bond donors (Lipinski definition) is 0. The maximum atomic E-state index is 13.8. The summed E-state index contributed by atoms with van der Waals surface area (Å²) in [6, 6.07) is 5.95. The predicted molar refractivity (Wildman–Crippen MR) is 78.9 cm³/mol. The Morgan fingerprint density at radius 2 is 1.89 bits per heavy atom.